The smallest absolute Gasteiger partial charge is 0.326 e. The van der Waals surface area contributed by atoms with Crippen molar-refractivity contribution in [2.75, 3.05) is 13.6 Å². The predicted octanol–water partition coefficient (Wildman–Crippen LogP) is -0.227. The molecule has 0 saturated carbocycles. The second-order valence-corrected chi connectivity index (χ2v) is 4.33. The summed E-state index contributed by atoms with van der Waals surface area (Å²) in [6.45, 7) is 0.470. The van der Waals surface area contributed by atoms with Gasteiger partial charge in [-0.05, 0) is 24.1 Å². The molecular weight excluding hydrogens is 260 g/mol. The Hall–Kier alpha value is -2.70. The number of hydrogen-bond donors (Lipinski definition) is 2. The van der Waals surface area contributed by atoms with Crippen molar-refractivity contribution in [2.45, 2.75) is 6.42 Å². The lowest BCUT2D eigenvalue weighted by molar-refractivity contribution is 0.0790. The molecule has 0 aromatic carbocycles. The maximum absolute atomic E-state index is 12.1. The van der Waals surface area contributed by atoms with Crippen molar-refractivity contribution in [3.63, 3.8) is 0 Å². The lowest BCUT2D eigenvalue weighted by Crippen LogP contribution is -2.33. The largest absolute Gasteiger partial charge is 0.340 e. The highest BCUT2D eigenvalue weighted by Crippen LogP contribution is 2.01. The van der Waals surface area contributed by atoms with Crippen LogP contribution in [0.25, 0.3) is 0 Å². The summed E-state index contributed by atoms with van der Waals surface area (Å²) < 4.78 is 0. The predicted molar refractivity (Wildman–Crippen MR) is 72.6 cm³/mol. The average molecular weight is 274 g/mol. The first-order valence-corrected chi connectivity index (χ1v) is 6.04. The van der Waals surface area contributed by atoms with Crippen LogP contribution in [0.5, 0.6) is 0 Å². The zero-order valence-electron chi connectivity index (χ0n) is 10.9. The molecule has 0 aliphatic carbocycles. The number of pyridine rings is 1. The van der Waals surface area contributed by atoms with Crippen LogP contribution in [0.3, 0.4) is 0 Å². The van der Waals surface area contributed by atoms with Crippen LogP contribution in [0.1, 0.15) is 16.1 Å². The van der Waals surface area contributed by atoms with E-state index in [1.807, 2.05) is 17.1 Å². The summed E-state index contributed by atoms with van der Waals surface area (Å²) in [6.07, 6.45) is 4.04. The van der Waals surface area contributed by atoms with Crippen LogP contribution in [-0.4, -0.2) is 39.4 Å². The molecular formula is C13H14N4O3. The summed E-state index contributed by atoms with van der Waals surface area (Å²) in [6, 6.07) is 4.81. The average Bonchev–Trinajstić information content (AvgIpc) is 2.44. The Morgan fingerprint density at radius 1 is 1.25 bits per heavy atom. The lowest BCUT2D eigenvalue weighted by Gasteiger charge is -2.16. The molecule has 7 nitrogen and oxygen atoms in total. The fourth-order valence-electron chi connectivity index (χ4n) is 1.74. The molecule has 7 heteroatoms. The van der Waals surface area contributed by atoms with E-state index >= 15 is 0 Å². The number of nitrogens with one attached hydrogen (secondary N) is 2. The van der Waals surface area contributed by atoms with E-state index in [4.69, 9.17) is 0 Å². The number of hydrogen-bond acceptors (Lipinski definition) is 4. The van der Waals surface area contributed by atoms with Gasteiger partial charge < -0.3 is 9.88 Å². The number of aromatic nitrogens is 3. The highest BCUT2D eigenvalue weighted by Gasteiger charge is 2.13. The van der Waals surface area contributed by atoms with E-state index in [0.717, 1.165) is 11.6 Å². The molecule has 0 radical (unpaired) electrons. The van der Waals surface area contributed by atoms with Crippen LogP contribution in [-0.2, 0) is 6.42 Å². The number of amides is 1. The quantitative estimate of drug-likeness (QED) is 0.804. The zero-order valence-corrected chi connectivity index (χ0v) is 10.9. The molecule has 0 saturated heterocycles. The van der Waals surface area contributed by atoms with Crippen molar-refractivity contribution in [3.8, 4) is 0 Å². The van der Waals surface area contributed by atoms with Crippen molar-refractivity contribution in [1.82, 2.24) is 19.9 Å². The van der Waals surface area contributed by atoms with Gasteiger partial charge in [0.05, 0.1) is 0 Å². The molecule has 104 valence electrons. The molecule has 2 aromatic heterocycles. The van der Waals surface area contributed by atoms with E-state index in [-0.39, 0.29) is 5.69 Å². The topological polar surface area (TPSA) is 98.9 Å². The van der Waals surface area contributed by atoms with Gasteiger partial charge in [0.2, 0.25) is 0 Å². The minimum Gasteiger partial charge on any atom is -0.340 e. The number of H-pyrrole nitrogens is 2. The Morgan fingerprint density at radius 3 is 2.60 bits per heavy atom. The van der Waals surface area contributed by atoms with Gasteiger partial charge in [-0.3, -0.25) is 19.6 Å². The van der Waals surface area contributed by atoms with E-state index < -0.39 is 17.2 Å². The molecule has 0 spiro atoms. The van der Waals surface area contributed by atoms with Crippen molar-refractivity contribution in [2.24, 2.45) is 0 Å². The van der Waals surface area contributed by atoms with Crippen LogP contribution in [0.4, 0.5) is 0 Å². The maximum atomic E-state index is 12.1. The van der Waals surface area contributed by atoms with Crippen LogP contribution >= 0.6 is 0 Å². The van der Waals surface area contributed by atoms with Gasteiger partial charge in [-0.1, -0.05) is 0 Å². The van der Waals surface area contributed by atoms with Gasteiger partial charge >= 0.3 is 5.69 Å². The Kier molecular flexibility index (Phi) is 4.09. The number of carbonyl (C=O) groups is 1. The second-order valence-electron chi connectivity index (χ2n) is 4.33. The van der Waals surface area contributed by atoms with Crippen LogP contribution in [0, 0.1) is 0 Å². The highest BCUT2D eigenvalue weighted by molar-refractivity contribution is 5.91. The third-order valence-electron chi connectivity index (χ3n) is 2.82. The van der Waals surface area contributed by atoms with Crippen LogP contribution < -0.4 is 11.2 Å². The number of rotatable bonds is 4. The first-order valence-electron chi connectivity index (χ1n) is 6.04. The molecule has 0 bridgehead atoms. The normalized spacial score (nSPS) is 10.2. The first kappa shape index (κ1) is 13.7. The van der Waals surface area contributed by atoms with E-state index in [2.05, 4.69) is 9.97 Å². The van der Waals surface area contributed by atoms with E-state index in [1.165, 1.54) is 4.90 Å². The van der Waals surface area contributed by atoms with Gasteiger partial charge in [0.15, 0.2) is 0 Å². The summed E-state index contributed by atoms with van der Waals surface area (Å²) in [5, 5.41) is 0. The van der Waals surface area contributed by atoms with Gasteiger partial charge in [-0.2, -0.15) is 0 Å². The second kappa shape index (κ2) is 5.96. The summed E-state index contributed by atoms with van der Waals surface area (Å²) in [4.78, 5) is 44.1. The molecule has 0 atom stereocenters. The maximum Gasteiger partial charge on any atom is 0.326 e. The summed E-state index contributed by atoms with van der Waals surface area (Å²) in [5.41, 5.74) is -0.252. The third kappa shape index (κ3) is 3.41. The highest BCUT2D eigenvalue weighted by atomic mass is 16.2. The standard InChI is InChI=1S/C13H14N4O3/c1-17(7-4-9-2-5-14-6-3-9)12(19)10-8-11(18)16-13(20)15-10/h2-3,5-6,8H,4,7H2,1H3,(H2,15,16,18,20). The molecule has 20 heavy (non-hydrogen) atoms. The fourth-order valence-corrected chi connectivity index (χ4v) is 1.74. The third-order valence-corrected chi connectivity index (χ3v) is 2.82. The van der Waals surface area contributed by atoms with Gasteiger partial charge in [-0.25, -0.2) is 4.79 Å². The van der Waals surface area contributed by atoms with Crippen molar-refractivity contribution in [3.05, 3.63) is 62.7 Å². The molecule has 0 aliphatic heterocycles. The number of likely N-dealkylation sites (N-methyl/N-ethyl adjacent to an activating group) is 1. The van der Waals surface area contributed by atoms with Crippen molar-refractivity contribution >= 4 is 5.91 Å². The van der Waals surface area contributed by atoms with Gasteiger partial charge in [0.25, 0.3) is 11.5 Å². The minimum absolute atomic E-state index is 0.0176. The molecule has 0 fully saturated rings. The summed E-state index contributed by atoms with van der Waals surface area (Å²) >= 11 is 0. The molecule has 2 heterocycles. The first-order chi connectivity index (χ1) is 9.56. The van der Waals surface area contributed by atoms with Crippen LogP contribution in [0.15, 0.2) is 40.2 Å². The summed E-state index contributed by atoms with van der Waals surface area (Å²) in [5.74, 6) is -0.401. The van der Waals surface area contributed by atoms with Crippen molar-refractivity contribution < 1.29 is 4.79 Å². The van der Waals surface area contributed by atoms with Crippen LogP contribution in [0.2, 0.25) is 0 Å². The molecule has 0 aliphatic rings. The fraction of sp³-hybridized carbons (Fsp3) is 0.231. The van der Waals surface area contributed by atoms with E-state index in [9.17, 15) is 14.4 Å². The molecule has 2 aromatic rings. The minimum atomic E-state index is -0.691. The number of nitrogens with zero attached hydrogens (tertiary/aromatic N) is 2. The van der Waals surface area contributed by atoms with E-state index in [1.54, 1.807) is 19.4 Å². The molecule has 2 N–H and O–H groups in total. The Balaban J connectivity index is 2.05. The summed E-state index contributed by atoms with van der Waals surface area (Å²) in [7, 11) is 1.61. The Morgan fingerprint density at radius 2 is 1.95 bits per heavy atom. The van der Waals surface area contributed by atoms with Gasteiger partial charge in [-0.15, -0.1) is 0 Å². The van der Waals surface area contributed by atoms with E-state index in [0.29, 0.717) is 13.0 Å². The SMILES string of the molecule is CN(CCc1ccncc1)C(=O)c1cc(=O)[nH]c(=O)[nH]1. The van der Waals surface area contributed by atoms with Gasteiger partial charge in [0, 0.05) is 32.1 Å². The van der Waals surface area contributed by atoms with Gasteiger partial charge in [0.1, 0.15) is 5.69 Å². The number of aromatic amines is 2. The zero-order chi connectivity index (χ0) is 14.5. The number of carbonyl (C=O) groups excluding carboxylic acids is 1. The molecule has 1 amide bonds. The van der Waals surface area contributed by atoms with Crippen molar-refractivity contribution in [1.29, 1.82) is 0 Å². The lowest BCUT2D eigenvalue weighted by atomic mass is 10.2. The molecule has 2 rings (SSSR count). The Labute approximate surface area is 114 Å². The monoisotopic (exact) mass is 274 g/mol. The molecule has 0 unspecified atom stereocenters. The Bertz CT molecular complexity index is 677.